The van der Waals surface area contributed by atoms with E-state index in [-0.39, 0.29) is 0 Å². The molecule has 4 heterocycles. The second-order valence-corrected chi connectivity index (χ2v) is 17.3. The Kier molecular flexibility index (Phi) is 16.0. The highest BCUT2D eigenvalue weighted by molar-refractivity contribution is 6.12. The van der Waals surface area contributed by atoms with E-state index in [1.165, 1.54) is 137 Å². The molecule has 3 aromatic carbocycles. The van der Waals surface area contributed by atoms with Crippen LogP contribution in [0, 0.1) is 13.8 Å². The average molecular weight is 807 g/mol. The van der Waals surface area contributed by atoms with Gasteiger partial charge in [0.15, 0.2) is 11.5 Å². The van der Waals surface area contributed by atoms with Crippen molar-refractivity contribution in [1.82, 2.24) is 19.9 Å². The fourth-order valence-electron chi connectivity index (χ4n) is 9.02. The smallest absolute Gasteiger partial charge is 0.171 e. The van der Waals surface area contributed by atoms with Gasteiger partial charge in [0.25, 0.3) is 0 Å². The molecule has 318 valence electrons. The maximum atomic E-state index is 6.87. The number of nitrogens with one attached hydrogen (secondary N) is 2. The van der Waals surface area contributed by atoms with Crippen molar-refractivity contribution >= 4 is 43.6 Å². The monoisotopic (exact) mass is 807 g/mol. The number of hydrogen-bond donors (Lipinski definition) is 2. The molecule has 2 N–H and O–H groups in total. The van der Waals surface area contributed by atoms with Crippen LogP contribution >= 0.6 is 0 Å². The van der Waals surface area contributed by atoms with Crippen molar-refractivity contribution in [2.45, 2.75) is 156 Å². The van der Waals surface area contributed by atoms with E-state index >= 15 is 0 Å². The zero-order valence-electron chi connectivity index (χ0n) is 37.2. The van der Waals surface area contributed by atoms with Gasteiger partial charge in [0, 0.05) is 45.1 Å². The molecule has 0 amide bonds. The van der Waals surface area contributed by atoms with Gasteiger partial charge < -0.3 is 19.4 Å². The summed E-state index contributed by atoms with van der Waals surface area (Å²) >= 11 is 0. The van der Waals surface area contributed by atoms with E-state index in [1.807, 2.05) is 0 Å². The summed E-state index contributed by atoms with van der Waals surface area (Å²) in [5, 5.41) is 4.32. The molecule has 0 radical (unpaired) electrons. The maximum absolute atomic E-state index is 6.87. The maximum Gasteiger partial charge on any atom is 0.171 e. The lowest BCUT2D eigenvalue weighted by atomic mass is 10.0. The minimum absolute atomic E-state index is 0.647. The molecule has 0 aliphatic carbocycles. The van der Waals surface area contributed by atoms with Crippen molar-refractivity contribution < 1.29 is 9.47 Å². The Labute approximate surface area is 359 Å². The van der Waals surface area contributed by atoms with Crippen LogP contribution in [0.2, 0.25) is 0 Å². The average Bonchev–Trinajstić information content (AvgIpc) is 3.86. The molecular weight excluding hydrogens is 737 g/mol. The van der Waals surface area contributed by atoms with Gasteiger partial charge in [-0.2, -0.15) is 0 Å². The Balaban J connectivity index is 1.20. The molecule has 0 fully saturated rings. The summed E-state index contributed by atoms with van der Waals surface area (Å²) < 4.78 is 13.7. The van der Waals surface area contributed by atoms with Crippen molar-refractivity contribution in [3.8, 4) is 34.0 Å². The number of unbranched alkanes of at least 4 members (excludes halogenated alkanes) is 18. The summed E-state index contributed by atoms with van der Waals surface area (Å²) in [6.45, 7) is 10.2. The Hall–Kier alpha value is -4.84. The second-order valence-electron chi connectivity index (χ2n) is 17.3. The third-order valence-corrected chi connectivity index (χ3v) is 12.6. The van der Waals surface area contributed by atoms with Crippen LogP contribution in [0.3, 0.4) is 0 Å². The van der Waals surface area contributed by atoms with E-state index in [2.05, 4.69) is 111 Å². The minimum atomic E-state index is 0.647. The van der Waals surface area contributed by atoms with Gasteiger partial charge in [0.1, 0.15) is 11.0 Å². The molecule has 60 heavy (non-hydrogen) atoms. The Morgan fingerprint density at radius 1 is 0.417 bits per heavy atom. The van der Waals surface area contributed by atoms with Gasteiger partial charge in [-0.15, -0.1) is 0 Å². The van der Waals surface area contributed by atoms with Gasteiger partial charge in [-0.05, 0) is 62.1 Å². The highest BCUT2D eigenvalue weighted by Crippen LogP contribution is 2.45. The van der Waals surface area contributed by atoms with E-state index in [0.29, 0.717) is 13.2 Å². The summed E-state index contributed by atoms with van der Waals surface area (Å²) in [6, 6.07) is 21.6. The summed E-state index contributed by atoms with van der Waals surface area (Å²) in [5.74, 6) is 1.59. The van der Waals surface area contributed by atoms with E-state index in [9.17, 15) is 0 Å². The SMILES string of the molecule is CCCCCCCCCCCCOc1c(OCCCCCCCCCCCC)c2ccc(-c3cccc4c(C)c[nH]c34)nc2c2nc(-c3cccc4c(C)c[nH]c34)ccc12. The Morgan fingerprint density at radius 3 is 1.17 bits per heavy atom. The molecule has 6 heteroatoms. The highest BCUT2D eigenvalue weighted by atomic mass is 16.5. The molecular formula is C54H70N4O2. The zero-order chi connectivity index (χ0) is 41.5. The number of fused-ring (bicyclic) bond motifs is 5. The molecule has 0 aliphatic heterocycles. The Morgan fingerprint density at radius 2 is 0.783 bits per heavy atom. The molecule has 0 saturated carbocycles. The third kappa shape index (κ3) is 10.5. The quantitative estimate of drug-likeness (QED) is 0.0422. The van der Waals surface area contributed by atoms with E-state index in [0.717, 1.165) is 79.7 Å². The van der Waals surface area contributed by atoms with Crippen LogP contribution in [0.25, 0.3) is 66.1 Å². The standard InChI is InChI=1S/C54H70N4O2/c1-5-7-9-11-13-15-17-19-21-23-35-59-53-45-31-33-47(43-29-25-27-41-39(3)37-55-49(41)43)57-51(45)52-46(54(53)60-36-24-22-20-18-16-14-12-10-8-6-2)32-34-48(58-52)44-30-26-28-42-40(4)38-56-50(42)44/h25-34,37-38,55-56H,5-24,35-36H2,1-4H3. The number of aromatic nitrogens is 4. The predicted octanol–water partition coefficient (Wildman–Crippen LogP) is 16.3. The number of aromatic amines is 2. The summed E-state index contributed by atoms with van der Waals surface area (Å²) in [7, 11) is 0. The van der Waals surface area contributed by atoms with Crippen LogP contribution in [-0.4, -0.2) is 33.1 Å². The van der Waals surface area contributed by atoms with Crippen molar-refractivity contribution in [3.63, 3.8) is 0 Å². The topological polar surface area (TPSA) is 75.8 Å². The molecule has 0 spiro atoms. The third-order valence-electron chi connectivity index (χ3n) is 12.6. The van der Waals surface area contributed by atoms with Crippen molar-refractivity contribution in [2.24, 2.45) is 0 Å². The lowest BCUT2D eigenvalue weighted by Crippen LogP contribution is -2.05. The first-order chi connectivity index (χ1) is 29.6. The van der Waals surface area contributed by atoms with E-state index < -0.39 is 0 Å². The number of nitrogens with zero attached hydrogens (tertiary/aromatic N) is 2. The number of ether oxygens (including phenoxy) is 2. The zero-order valence-corrected chi connectivity index (χ0v) is 37.2. The number of rotatable bonds is 26. The lowest BCUT2D eigenvalue weighted by molar-refractivity contribution is 0.263. The number of H-pyrrole nitrogens is 2. The largest absolute Gasteiger partial charge is 0.489 e. The second kappa shape index (κ2) is 22.1. The van der Waals surface area contributed by atoms with Crippen molar-refractivity contribution in [3.05, 3.63) is 84.2 Å². The van der Waals surface area contributed by atoms with Crippen LogP contribution in [-0.2, 0) is 0 Å². The van der Waals surface area contributed by atoms with Crippen molar-refractivity contribution in [2.75, 3.05) is 13.2 Å². The van der Waals surface area contributed by atoms with Crippen LogP contribution in [0.4, 0.5) is 0 Å². The van der Waals surface area contributed by atoms with Crippen LogP contribution in [0.5, 0.6) is 11.5 Å². The molecule has 0 atom stereocenters. The molecule has 0 unspecified atom stereocenters. The fourth-order valence-corrected chi connectivity index (χ4v) is 9.02. The number of pyridine rings is 2. The lowest BCUT2D eigenvalue weighted by Gasteiger charge is -2.19. The van der Waals surface area contributed by atoms with E-state index in [1.54, 1.807) is 0 Å². The first kappa shape index (κ1) is 43.3. The summed E-state index contributed by atoms with van der Waals surface area (Å²) in [6.07, 6.45) is 29.9. The molecule has 0 bridgehead atoms. The van der Waals surface area contributed by atoms with Gasteiger partial charge >= 0.3 is 0 Å². The van der Waals surface area contributed by atoms with Gasteiger partial charge in [-0.1, -0.05) is 166 Å². The van der Waals surface area contributed by atoms with E-state index in [4.69, 9.17) is 19.4 Å². The van der Waals surface area contributed by atoms with Gasteiger partial charge in [-0.3, -0.25) is 0 Å². The molecule has 7 aromatic rings. The van der Waals surface area contributed by atoms with Crippen LogP contribution in [0.1, 0.15) is 153 Å². The van der Waals surface area contributed by atoms with Crippen LogP contribution < -0.4 is 9.47 Å². The molecule has 6 nitrogen and oxygen atoms in total. The number of para-hydroxylation sites is 2. The first-order valence-electron chi connectivity index (χ1n) is 23.8. The van der Waals surface area contributed by atoms with Gasteiger partial charge in [0.05, 0.1) is 35.6 Å². The number of benzene rings is 3. The Bertz CT molecular complexity index is 2250. The van der Waals surface area contributed by atoms with Crippen LogP contribution in [0.15, 0.2) is 73.1 Å². The first-order valence-corrected chi connectivity index (χ1v) is 23.8. The fraction of sp³-hybridized carbons (Fsp3) is 0.481. The predicted molar refractivity (Wildman–Crippen MR) is 256 cm³/mol. The molecule has 0 aliphatic rings. The molecule has 0 saturated heterocycles. The normalized spacial score (nSPS) is 11.8. The number of hydrogen-bond acceptors (Lipinski definition) is 4. The summed E-state index contributed by atoms with van der Waals surface area (Å²) in [4.78, 5) is 18.0. The van der Waals surface area contributed by atoms with Gasteiger partial charge in [0.2, 0.25) is 0 Å². The minimum Gasteiger partial charge on any atom is -0.489 e. The summed E-state index contributed by atoms with van der Waals surface area (Å²) in [5.41, 5.74) is 10.3. The van der Waals surface area contributed by atoms with Gasteiger partial charge in [-0.25, -0.2) is 9.97 Å². The highest BCUT2D eigenvalue weighted by Gasteiger charge is 2.22. The molecule has 4 aromatic heterocycles. The van der Waals surface area contributed by atoms with Crippen molar-refractivity contribution in [1.29, 1.82) is 0 Å². The number of aryl methyl sites for hydroxylation is 2. The molecule has 7 rings (SSSR count).